The lowest BCUT2D eigenvalue weighted by atomic mass is 10.1. The summed E-state index contributed by atoms with van der Waals surface area (Å²) in [5.74, 6) is -1.03. The molecule has 5 heteroatoms. The molecular formula is C13H16ClNO3. The van der Waals surface area contributed by atoms with Gasteiger partial charge in [-0.25, -0.2) is 4.79 Å². The molecule has 0 bridgehead atoms. The highest BCUT2D eigenvalue weighted by atomic mass is 35.5. The number of halogens is 1. The van der Waals surface area contributed by atoms with Crippen LogP contribution >= 0.6 is 11.6 Å². The molecule has 0 aliphatic carbocycles. The summed E-state index contributed by atoms with van der Waals surface area (Å²) in [5.41, 5.74) is 0.655. The number of benzene rings is 1. The predicted molar refractivity (Wildman–Crippen MR) is 70.5 cm³/mol. The summed E-state index contributed by atoms with van der Waals surface area (Å²) in [6.45, 7) is 2.76. The van der Waals surface area contributed by atoms with Crippen LogP contribution in [0.4, 0.5) is 5.69 Å². The Hall–Kier alpha value is -1.26. The van der Waals surface area contributed by atoms with Crippen molar-refractivity contribution in [2.24, 2.45) is 0 Å². The molecule has 1 aliphatic heterocycles. The highest BCUT2D eigenvalue weighted by molar-refractivity contribution is 6.34. The zero-order valence-corrected chi connectivity index (χ0v) is 10.9. The number of carbonyl (C=O) groups is 1. The van der Waals surface area contributed by atoms with Gasteiger partial charge in [0.15, 0.2) is 0 Å². The first kappa shape index (κ1) is 13.2. The van der Waals surface area contributed by atoms with E-state index in [0.29, 0.717) is 5.69 Å². The maximum atomic E-state index is 11.2. The fraction of sp³-hybridized carbons (Fsp3) is 0.462. The number of aromatic carboxylic acids is 1. The van der Waals surface area contributed by atoms with Crippen LogP contribution in [0, 0.1) is 0 Å². The Morgan fingerprint density at radius 2 is 2.39 bits per heavy atom. The Labute approximate surface area is 111 Å². The van der Waals surface area contributed by atoms with Crippen molar-refractivity contribution < 1.29 is 14.6 Å². The van der Waals surface area contributed by atoms with Crippen molar-refractivity contribution in [3.8, 4) is 0 Å². The first-order chi connectivity index (χ1) is 8.59. The van der Waals surface area contributed by atoms with Crippen molar-refractivity contribution in [3.63, 3.8) is 0 Å². The lowest BCUT2D eigenvalue weighted by Gasteiger charge is -2.22. The quantitative estimate of drug-likeness (QED) is 0.882. The minimum atomic E-state index is -1.03. The average Bonchev–Trinajstić information content (AvgIpc) is 2.81. The van der Waals surface area contributed by atoms with Gasteiger partial charge in [0.2, 0.25) is 0 Å². The summed E-state index contributed by atoms with van der Waals surface area (Å²) in [7, 11) is 0. The Bertz CT molecular complexity index is 444. The minimum Gasteiger partial charge on any atom is -0.478 e. The molecule has 1 fully saturated rings. The molecule has 0 amide bonds. The number of carboxylic acids is 1. The molecular weight excluding hydrogens is 254 g/mol. The van der Waals surface area contributed by atoms with Crippen LogP contribution in [0.25, 0.3) is 0 Å². The van der Waals surface area contributed by atoms with Crippen molar-refractivity contribution in [1.29, 1.82) is 0 Å². The molecule has 2 rings (SSSR count). The molecule has 1 aliphatic rings. The second kappa shape index (κ2) is 5.59. The number of ether oxygens (including phenoxy) is 1. The Morgan fingerprint density at radius 1 is 1.61 bits per heavy atom. The minimum absolute atomic E-state index is 0.0593. The highest BCUT2D eigenvalue weighted by Gasteiger charge is 2.24. The summed E-state index contributed by atoms with van der Waals surface area (Å²) < 4.78 is 5.57. The smallest absolute Gasteiger partial charge is 0.339 e. The van der Waals surface area contributed by atoms with Gasteiger partial charge in [-0.05, 0) is 31.9 Å². The van der Waals surface area contributed by atoms with E-state index in [1.54, 1.807) is 18.2 Å². The second-order valence-electron chi connectivity index (χ2n) is 4.45. The van der Waals surface area contributed by atoms with E-state index in [-0.39, 0.29) is 22.7 Å². The van der Waals surface area contributed by atoms with Gasteiger partial charge in [-0.15, -0.1) is 0 Å². The van der Waals surface area contributed by atoms with Crippen LogP contribution in [0.5, 0.6) is 0 Å². The standard InChI is InChI=1S/C13H16ClNO3/c1-8(11-6-3-7-18-11)15-10-5-2-4-9(14)12(10)13(16)17/h2,4-5,8,11,15H,3,6-7H2,1H3,(H,16,17). The summed E-state index contributed by atoms with van der Waals surface area (Å²) in [4.78, 5) is 11.2. The topological polar surface area (TPSA) is 58.6 Å². The number of hydrogen-bond acceptors (Lipinski definition) is 3. The van der Waals surface area contributed by atoms with E-state index >= 15 is 0 Å². The van der Waals surface area contributed by atoms with Gasteiger partial charge in [0.05, 0.1) is 16.8 Å². The SMILES string of the molecule is CC(Nc1cccc(Cl)c1C(=O)O)C1CCCO1. The van der Waals surface area contributed by atoms with Gasteiger partial charge in [-0.2, -0.15) is 0 Å². The summed E-state index contributed by atoms with van der Waals surface area (Å²) in [6, 6.07) is 5.09. The van der Waals surface area contributed by atoms with E-state index in [1.807, 2.05) is 6.92 Å². The Morgan fingerprint density at radius 3 is 3.00 bits per heavy atom. The van der Waals surface area contributed by atoms with Crippen molar-refractivity contribution in [2.45, 2.75) is 31.9 Å². The summed E-state index contributed by atoms with van der Waals surface area (Å²) >= 11 is 5.92. The van der Waals surface area contributed by atoms with Crippen LogP contribution in [0.1, 0.15) is 30.1 Å². The van der Waals surface area contributed by atoms with Crippen molar-refractivity contribution >= 4 is 23.3 Å². The van der Waals surface area contributed by atoms with Crippen LogP contribution in [-0.2, 0) is 4.74 Å². The largest absolute Gasteiger partial charge is 0.478 e. The monoisotopic (exact) mass is 269 g/mol. The van der Waals surface area contributed by atoms with Gasteiger partial charge in [0, 0.05) is 12.6 Å². The number of anilines is 1. The normalized spacial score (nSPS) is 20.7. The van der Waals surface area contributed by atoms with E-state index in [1.165, 1.54) is 0 Å². The van der Waals surface area contributed by atoms with Gasteiger partial charge in [-0.1, -0.05) is 17.7 Å². The summed E-state index contributed by atoms with van der Waals surface area (Å²) in [5, 5.41) is 12.6. The first-order valence-corrected chi connectivity index (χ1v) is 6.37. The van der Waals surface area contributed by atoms with E-state index in [0.717, 1.165) is 19.4 Å². The van der Waals surface area contributed by atoms with Gasteiger partial charge in [-0.3, -0.25) is 0 Å². The molecule has 0 spiro atoms. The number of hydrogen-bond donors (Lipinski definition) is 2. The average molecular weight is 270 g/mol. The molecule has 1 saturated heterocycles. The lowest BCUT2D eigenvalue weighted by molar-refractivity contribution is 0.0697. The van der Waals surface area contributed by atoms with E-state index < -0.39 is 5.97 Å². The van der Waals surface area contributed by atoms with Crippen LogP contribution < -0.4 is 5.32 Å². The van der Waals surface area contributed by atoms with Gasteiger partial charge in [0.25, 0.3) is 0 Å². The molecule has 2 atom stereocenters. The van der Waals surface area contributed by atoms with Gasteiger partial charge in [0.1, 0.15) is 5.56 Å². The van der Waals surface area contributed by atoms with Crippen LogP contribution in [0.2, 0.25) is 5.02 Å². The van der Waals surface area contributed by atoms with Gasteiger partial charge >= 0.3 is 5.97 Å². The molecule has 1 aromatic carbocycles. The van der Waals surface area contributed by atoms with Gasteiger partial charge < -0.3 is 15.2 Å². The molecule has 98 valence electrons. The van der Waals surface area contributed by atoms with Crippen molar-refractivity contribution in [1.82, 2.24) is 0 Å². The zero-order valence-electron chi connectivity index (χ0n) is 10.1. The van der Waals surface area contributed by atoms with Crippen LogP contribution in [-0.4, -0.2) is 29.8 Å². The Kier molecular flexibility index (Phi) is 4.09. The maximum absolute atomic E-state index is 11.2. The van der Waals surface area contributed by atoms with Crippen LogP contribution in [0.15, 0.2) is 18.2 Å². The molecule has 1 heterocycles. The molecule has 4 nitrogen and oxygen atoms in total. The number of rotatable bonds is 4. The van der Waals surface area contributed by atoms with Crippen LogP contribution in [0.3, 0.4) is 0 Å². The predicted octanol–water partition coefficient (Wildman–Crippen LogP) is 3.02. The molecule has 0 radical (unpaired) electrons. The molecule has 2 N–H and O–H groups in total. The second-order valence-corrected chi connectivity index (χ2v) is 4.86. The molecule has 2 unspecified atom stereocenters. The first-order valence-electron chi connectivity index (χ1n) is 5.99. The highest BCUT2D eigenvalue weighted by Crippen LogP contribution is 2.26. The lowest BCUT2D eigenvalue weighted by Crippen LogP contribution is -2.30. The third kappa shape index (κ3) is 2.76. The number of nitrogens with one attached hydrogen (secondary N) is 1. The number of carboxylic acid groups (broad SMARTS) is 1. The van der Waals surface area contributed by atoms with Crippen molar-refractivity contribution in [3.05, 3.63) is 28.8 Å². The maximum Gasteiger partial charge on any atom is 0.339 e. The van der Waals surface area contributed by atoms with E-state index in [4.69, 9.17) is 21.4 Å². The third-order valence-corrected chi connectivity index (χ3v) is 3.45. The molecule has 0 saturated carbocycles. The molecule has 0 aromatic heterocycles. The molecule has 1 aromatic rings. The van der Waals surface area contributed by atoms with E-state index in [9.17, 15) is 4.79 Å². The summed E-state index contributed by atoms with van der Waals surface area (Å²) in [6.07, 6.45) is 2.18. The van der Waals surface area contributed by atoms with E-state index in [2.05, 4.69) is 5.32 Å². The fourth-order valence-corrected chi connectivity index (χ4v) is 2.45. The molecule has 18 heavy (non-hydrogen) atoms. The third-order valence-electron chi connectivity index (χ3n) is 3.13. The zero-order chi connectivity index (χ0) is 13.1. The van der Waals surface area contributed by atoms with Crippen molar-refractivity contribution in [2.75, 3.05) is 11.9 Å². The Balaban J connectivity index is 2.17. The fourth-order valence-electron chi connectivity index (χ4n) is 2.20.